The number of aliphatic hydroxyl groups excluding tert-OH is 1. The van der Waals surface area contributed by atoms with Crippen LogP contribution in [0.25, 0.3) is 5.69 Å². The standard InChI is InChI=1S/C21H25N5O2/c27-17-21(13-15-28-19-10-5-2-6-11-19)12-7-14-25(16-21)20-22-23-24-26(20)18-8-3-1-4-9-18/h1-6,8-11,27H,7,12-17H2/t21-/m1/s1. The minimum Gasteiger partial charge on any atom is -0.494 e. The molecular formula is C21H25N5O2. The molecule has 1 atom stereocenters. The van der Waals surface area contributed by atoms with Crippen molar-refractivity contribution in [3.8, 4) is 11.4 Å². The van der Waals surface area contributed by atoms with Crippen LogP contribution in [-0.2, 0) is 0 Å². The maximum atomic E-state index is 10.2. The van der Waals surface area contributed by atoms with Gasteiger partial charge in [0.15, 0.2) is 0 Å². The van der Waals surface area contributed by atoms with Crippen molar-refractivity contribution >= 4 is 5.95 Å². The van der Waals surface area contributed by atoms with Crippen LogP contribution in [0.1, 0.15) is 19.3 Å². The van der Waals surface area contributed by atoms with Crippen molar-refractivity contribution in [1.82, 2.24) is 20.2 Å². The molecule has 7 nitrogen and oxygen atoms in total. The van der Waals surface area contributed by atoms with Gasteiger partial charge in [-0.15, -0.1) is 0 Å². The topological polar surface area (TPSA) is 76.3 Å². The van der Waals surface area contributed by atoms with Crippen molar-refractivity contribution in [3.05, 3.63) is 60.7 Å². The van der Waals surface area contributed by atoms with Gasteiger partial charge in [-0.2, -0.15) is 4.68 Å². The van der Waals surface area contributed by atoms with Crippen LogP contribution in [0.4, 0.5) is 5.95 Å². The monoisotopic (exact) mass is 379 g/mol. The van der Waals surface area contributed by atoms with Gasteiger partial charge in [0.25, 0.3) is 0 Å². The second-order valence-electron chi connectivity index (χ2n) is 7.32. The smallest absolute Gasteiger partial charge is 0.250 e. The fourth-order valence-electron chi connectivity index (χ4n) is 3.81. The number of hydrogen-bond donors (Lipinski definition) is 1. The Bertz CT molecular complexity index is 871. The Morgan fingerprint density at radius 3 is 2.54 bits per heavy atom. The minimum absolute atomic E-state index is 0.120. The Hall–Kier alpha value is -2.93. The highest BCUT2D eigenvalue weighted by atomic mass is 16.5. The Morgan fingerprint density at radius 2 is 1.79 bits per heavy atom. The molecule has 1 N–H and O–H groups in total. The highest BCUT2D eigenvalue weighted by Gasteiger charge is 2.36. The minimum atomic E-state index is -0.222. The lowest BCUT2D eigenvalue weighted by Crippen LogP contribution is -2.47. The number of para-hydroxylation sites is 2. The third kappa shape index (κ3) is 3.99. The van der Waals surface area contributed by atoms with Gasteiger partial charge in [0, 0.05) is 18.5 Å². The van der Waals surface area contributed by atoms with E-state index >= 15 is 0 Å². The molecule has 1 aliphatic rings. The van der Waals surface area contributed by atoms with E-state index in [1.165, 1.54) is 0 Å². The Labute approximate surface area is 164 Å². The predicted molar refractivity (Wildman–Crippen MR) is 107 cm³/mol. The van der Waals surface area contributed by atoms with E-state index in [4.69, 9.17) is 4.74 Å². The highest BCUT2D eigenvalue weighted by molar-refractivity contribution is 5.41. The third-order valence-corrected chi connectivity index (χ3v) is 5.38. The van der Waals surface area contributed by atoms with Gasteiger partial charge in [-0.05, 0) is 54.0 Å². The van der Waals surface area contributed by atoms with Crippen LogP contribution in [0, 0.1) is 5.41 Å². The average molecular weight is 379 g/mol. The fourth-order valence-corrected chi connectivity index (χ4v) is 3.81. The van der Waals surface area contributed by atoms with Crippen LogP contribution in [0.2, 0.25) is 0 Å². The average Bonchev–Trinajstić information content (AvgIpc) is 3.25. The van der Waals surface area contributed by atoms with E-state index < -0.39 is 0 Å². The summed E-state index contributed by atoms with van der Waals surface area (Å²) < 4.78 is 7.64. The van der Waals surface area contributed by atoms with Gasteiger partial charge in [0.2, 0.25) is 5.95 Å². The summed E-state index contributed by atoms with van der Waals surface area (Å²) in [5, 5.41) is 22.5. The molecule has 1 saturated heterocycles. The summed E-state index contributed by atoms with van der Waals surface area (Å²) in [5.74, 6) is 1.57. The molecular weight excluding hydrogens is 354 g/mol. The molecule has 1 aromatic heterocycles. The van der Waals surface area contributed by atoms with E-state index in [1.54, 1.807) is 4.68 Å². The Morgan fingerprint density at radius 1 is 1.04 bits per heavy atom. The van der Waals surface area contributed by atoms with Crippen LogP contribution in [0.3, 0.4) is 0 Å². The van der Waals surface area contributed by atoms with Gasteiger partial charge in [0.1, 0.15) is 5.75 Å². The van der Waals surface area contributed by atoms with Gasteiger partial charge in [-0.3, -0.25) is 0 Å². The van der Waals surface area contributed by atoms with E-state index in [0.29, 0.717) is 19.1 Å². The number of piperidine rings is 1. The molecule has 28 heavy (non-hydrogen) atoms. The first-order valence-electron chi connectivity index (χ1n) is 9.67. The summed E-state index contributed by atoms with van der Waals surface area (Å²) in [4.78, 5) is 2.18. The van der Waals surface area contributed by atoms with Gasteiger partial charge < -0.3 is 14.7 Å². The number of aliphatic hydroxyl groups is 1. The Balaban J connectivity index is 1.46. The first-order valence-corrected chi connectivity index (χ1v) is 9.67. The second kappa shape index (κ2) is 8.39. The quantitative estimate of drug-likeness (QED) is 0.680. The third-order valence-electron chi connectivity index (χ3n) is 5.38. The van der Waals surface area contributed by atoms with Crippen LogP contribution < -0.4 is 9.64 Å². The normalized spacial score (nSPS) is 19.5. The summed E-state index contributed by atoms with van der Waals surface area (Å²) >= 11 is 0. The maximum Gasteiger partial charge on any atom is 0.250 e. The van der Waals surface area contributed by atoms with Crippen molar-refractivity contribution in [2.24, 2.45) is 5.41 Å². The molecule has 3 aromatic rings. The van der Waals surface area contributed by atoms with Gasteiger partial charge in [-0.25, -0.2) is 0 Å². The zero-order valence-electron chi connectivity index (χ0n) is 15.8. The largest absolute Gasteiger partial charge is 0.494 e. The fraction of sp³-hybridized carbons (Fsp3) is 0.381. The molecule has 0 saturated carbocycles. The summed E-state index contributed by atoms with van der Waals surface area (Å²) in [6, 6.07) is 19.7. The van der Waals surface area contributed by atoms with E-state index in [1.807, 2.05) is 60.7 Å². The molecule has 1 fully saturated rings. The maximum absolute atomic E-state index is 10.2. The van der Waals surface area contributed by atoms with Crippen molar-refractivity contribution in [1.29, 1.82) is 0 Å². The number of rotatable bonds is 7. The first-order chi connectivity index (χ1) is 13.8. The number of hydrogen-bond acceptors (Lipinski definition) is 6. The summed E-state index contributed by atoms with van der Waals surface area (Å²) in [7, 11) is 0. The summed E-state index contributed by atoms with van der Waals surface area (Å²) in [6.45, 7) is 2.26. The zero-order valence-corrected chi connectivity index (χ0v) is 15.8. The lowest BCUT2D eigenvalue weighted by molar-refractivity contribution is 0.0788. The Kier molecular flexibility index (Phi) is 5.53. The van der Waals surface area contributed by atoms with Crippen LogP contribution >= 0.6 is 0 Å². The molecule has 0 spiro atoms. The van der Waals surface area contributed by atoms with E-state index in [0.717, 1.165) is 37.2 Å². The molecule has 0 amide bonds. The number of ether oxygens (including phenoxy) is 1. The highest BCUT2D eigenvalue weighted by Crippen LogP contribution is 2.35. The van der Waals surface area contributed by atoms with Crippen molar-refractivity contribution < 1.29 is 9.84 Å². The van der Waals surface area contributed by atoms with Gasteiger partial charge in [0.05, 0.1) is 18.9 Å². The predicted octanol–water partition coefficient (Wildman–Crippen LogP) is 2.71. The van der Waals surface area contributed by atoms with E-state index in [-0.39, 0.29) is 12.0 Å². The van der Waals surface area contributed by atoms with Crippen molar-refractivity contribution in [2.75, 3.05) is 31.2 Å². The molecule has 0 radical (unpaired) electrons. The molecule has 7 heteroatoms. The SMILES string of the molecule is OC[C@@]1(CCOc2ccccc2)CCCN(c2nnnn2-c2ccccc2)C1. The number of nitrogens with zero attached hydrogens (tertiary/aromatic N) is 5. The van der Waals surface area contributed by atoms with Gasteiger partial charge in [-0.1, -0.05) is 41.5 Å². The van der Waals surface area contributed by atoms with Crippen LogP contribution in [0.5, 0.6) is 5.75 Å². The molecule has 2 heterocycles. The summed E-state index contributed by atoms with van der Waals surface area (Å²) in [5.41, 5.74) is 0.704. The number of anilines is 1. The molecule has 146 valence electrons. The molecule has 0 aliphatic carbocycles. The second-order valence-corrected chi connectivity index (χ2v) is 7.32. The lowest BCUT2D eigenvalue weighted by atomic mass is 9.78. The van der Waals surface area contributed by atoms with Crippen molar-refractivity contribution in [2.45, 2.75) is 19.3 Å². The number of benzene rings is 2. The lowest BCUT2D eigenvalue weighted by Gasteiger charge is -2.41. The first kappa shape index (κ1) is 18.4. The number of aromatic nitrogens is 4. The molecule has 1 aliphatic heterocycles. The van der Waals surface area contributed by atoms with E-state index in [9.17, 15) is 5.11 Å². The zero-order chi connectivity index (χ0) is 19.2. The molecule has 4 rings (SSSR count). The molecule has 2 aromatic carbocycles. The van der Waals surface area contributed by atoms with E-state index in [2.05, 4.69) is 20.4 Å². The molecule has 0 unspecified atom stereocenters. The van der Waals surface area contributed by atoms with Crippen molar-refractivity contribution in [3.63, 3.8) is 0 Å². The summed E-state index contributed by atoms with van der Waals surface area (Å²) in [6.07, 6.45) is 2.72. The van der Waals surface area contributed by atoms with Gasteiger partial charge >= 0.3 is 0 Å². The van der Waals surface area contributed by atoms with Crippen LogP contribution in [0.15, 0.2) is 60.7 Å². The van der Waals surface area contributed by atoms with Crippen LogP contribution in [-0.4, -0.2) is 51.6 Å². The number of tetrazole rings is 1. The molecule has 0 bridgehead atoms.